The fraction of sp³-hybridized carbons (Fsp3) is 0.176. The normalized spacial score (nSPS) is 11.9. The van der Waals surface area contributed by atoms with E-state index in [2.05, 4.69) is 0 Å². The first-order valence-corrected chi connectivity index (χ1v) is 7.02. The van der Waals surface area contributed by atoms with Crippen molar-refractivity contribution in [3.63, 3.8) is 0 Å². The molecule has 1 aliphatic heterocycles. The van der Waals surface area contributed by atoms with E-state index < -0.39 is 24.2 Å². The van der Waals surface area contributed by atoms with E-state index in [-0.39, 0.29) is 23.7 Å². The number of hydrogen-bond acceptors (Lipinski definition) is 6. The van der Waals surface area contributed by atoms with Gasteiger partial charge in [0, 0.05) is 0 Å². The van der Waals surface area contributed by atoms with Crippen LogP contribution < -0.4 is 14.2 Å². The molecule has 0 amide bonds. The van der Waals surface area contributed by atoms with Gasteiger partial charge in [-0.25, -0.2) is 9.18 Å². The Balaban J connectivity index is 1.68. The zero-order chi connectivity index (χ0) is 17.1. The molecule has 0 spiro atoms. The van der Waals surface area contributed by atoms with Crippen LogP contribution in [0.3, 0.4) is 0 Å². The van der Waals surface area contributed by atoms with E-state index in [0.29, 0.717) is 11.5 Å². The van der Waals surface area contributed by atoms with Crippen LogP contribution in [0.4, 0.5) is 4.39 Å². The van der Waals surface area contributed by atoms with Crippen molar-refractivity contribution in [1.29, 1.82) is 0 Å². The number of rotatable bonds is 5. The molecule has 24 heavy (non-hydrogen) atoms. The maximum atomic E-state index is 13.3. The zero-order valence-electron chi connectivity index (χ0n) is 12.7. The standard InChI is InChI=1S/C17H13FO6/c1-21-14-5-3-11(18)7-12(14)13(19)8-22-17(20)10-2-4-15-16(6-10)24-9-23-15/h2-7H,8-9H2,1H3. The van der Waals surface area contributed by atoms with Crippen molar-refractivity contribution < 1.29 is 32.9 Å². The fourth-order valence-corrected chi connectivity index (χ4v) is 2.21. The number of esters is 1. The molecule has 0 aromatic heterocycles. The highest BCUT2D eigenvalue weighted by atomic mass is 19.1. The number of ketones is 1. The second-order valence-electron chi connectivity index (χ2n) is 4.91. The molecule has 0 bridgehead atoms. The molecule has 1 heterocycles. The predicted molar refractivity (Wildman–Crippen MR) is 80.1 cm³/mol. The third-order valence-corrected chi connectivity index (χ3v) is 3.40. The van der Waals surface area contributed by atoms with E-state index in [0.717, 1.165) is 6.07 Å². The van der Waals surface area contributed by atoms with Gasteiger partial charge in [0.15, 0.2) is 18.1 Å². The number of halogens is 1. The molecule has 0 atom stereocenters. The van der Waals surface area contributed by atoms with E-state index in [1.165, 1.54) is 31.4 Å². The molecular weight excluding hydrogens is 319 g/mol. The van der Waals surface area contributed by atoms with Crippen LogP contribution in [0.15, 0.2) is 36.4 Å². The summed E-state index contributed by atoms with van der Waals surface area (Å²) in [6.45, 7) is -0.446. The molecular formula is C17H13FO6. The van der Waals surface area contributed by atoms with Gasteiger partial charge in [-0.1, -0.05) is 0 Å². The van der Waals surface area contributed by atoms with Crippen molar-refractivity contribution in [3.8, 4) is 17.2 Å². The van der Waals surface area contributed by atoms with E-state index in [1.807, 2.05) is 0 Å². The Morgan fingerprint density at radius 1 is 1.12 bits per heavy atom. The maximum absolute atomic E-state index is 13.3. The number of carbonyl (C=O) groups excluding carboxylic acids is 2. The molecule has 0 fully saturated rings. The Kier molecular flexibility index (Phi) is 4.33. The first kappa shape index (κ1) is 15.8. The second kappa shape index (κ2) is 6.57. The van der Waals surface area contributed by atoms with Gasteiger partial charge in [-0.3, -0.25) is 4.79 Å². The molecule has 0 saturated heterocycles. The lowest BCUT2D eigenvalue weighted by atomic mass is 10.1. The molecule has 124 valence electrons. The van der Waals surface area contributed by atoms with Gasteiger partial charge in [-0.2, -0.15) is 0 Å². The van der Waals surface area contributed by atoms with E-state index >= 15 is 0 Å². The van der Waals surface area contributed by atoms with Gasteiger partial charge in [0.1, 0.15) is 11.6 Å². The summed E-state index contributed by atoms with van der Waals surface area (Å²) in [5.74, 6) is -0.672. The summed E-state index contributed by atoms with van der Waals surface area (Å²) < 4.78 is 33.6. The zero-order valence-corrected chi connectivity index (χ0v) is 12.7. The van der Waals surface area contributed by atoms with Crippen molar-refractivity contribution in [2.75, 3.05) is 20.5 Å². The predicted octanol–water partition coefficient (Wildman–Crippen LogP) is 2.60. The monoisotopic (exact) mass is 332 g/mol. The molecule has 7 heteroatoms. The average molecular weight is 332 g/mol. The molecule has 2 aromatic carbocycles. The molecule has 3 rings (SSSR count). The first-order valence-electron chi connectivity index (χ1n) is 7.02. The number of methoxy groups -OCH3 is 1. The number of ether oxygens (including phenoxy) is 4. The minimum atomic E-state index is -0.697. The van der Waals surface area contributed by atoms with Gasteiger partial charge in [0.2, 0.25) is 12.6 Å². The molecule has 1 aliphatic rings. The lowest BCUT2D eigenvalue weighted by Gasteiger charge is -2.08. The maximum Gasteiger partial charge on any atom is 0.338 e. The van der Waals surface area contributed by atoms with Crippen LogP contribution in [0, 0.1) is 5.82 Å². The SMILES string of the molecule is COc1ccc(F)cc1C(=O)COC(=O)c1ccc2c(c1)OCO2. The van der Waals surface area contributed by atoms with Crippen LogP contribution in [0.2, 0.25) is 0 Å². The van der Waals surface area contributed by atoms with E-state index in [1.54, 1.807) is 6.07 Å². The Hall–Kier alpha value is -3.09. The molecule has 0 unspecified atom stereocenters. The van der Waals surface area contributed by atoms with Crippen molar-refractivity contribution in [1.82, 2.24) is 0 Å². The van der Waals surface area contributed by atoms with Crippen molar-refractivity contribution in [2.24, 2.45) is 0 Å². The number of hydrogen-bond donors (Lipinski definition) is 0. The highest BCUT2D eigenvalue weighted by molar-refractivity contribution is 6.01. The van der Waals surface area contributed by atoms with Crippen molar-refractivity contribution >= 4 is 11.8 Å². The number of Topliss-reactive ketones (excluding diaryl/α,β-unsaturated/α-hetero) is 1. The lowest BCUT2D eigenvalue weighted by molar-refractivity contribution is 0.0473. The Bertz CT molecular complexity index is 802. The van der Waals surface area contributed by atoms with Gasteiger partial charge >= 0.3 is 5.97 Å². The largest absolute Gasteiger partial charge is 0.496 e. The number of benzene rings is 2. The van der Waals surface area contributed by atoms with Crippen LogP contribution in [-0.4, -0.2) is 32.3 Å². The Labute approximate surface area is 136 Å². The summed E-state index contributed by atoms with van der Waals surface area (Å²) in [4.78, 5) is 24.2. The van der Waals surface area contributed by atoms with Crippen molar-refractivity contribution in [2.45, 2.75) is 0 Å². The number of fused-ring (bicyclic) bond motifs is 1. The van der Waals surface area contributed by atoms with Gasteiger partial charge in [-0.15, -0.1) is 0 Å². The third kappa shape index (κ3) is 3.15. The molecule has 6 nitrogen and oxygen atoms in total. The summed E-state index contributed by atoms with van der Waals surface area (Å²) in [5.41, 5.74) is 0.231. The molecule has 0 saturated carbocycles. The Morgan fingerprint density at radius 2 is 1.92 bits per heavy atom. The van der Waals surface area contributed by atoms with Crippen molar-refractivity contribution in [3.05, 3.63) is 53.3 Å². The molecule has 0 radical (unpaired) electrons. The summed E-state index contributed by atoms with van der Waals surface area (Å²) >= 11 is 0. The van der Waals surface area contributed by atoms with E-state index in [9.17, 15) is 14.0 Å². The topological polar surface area (TPSA) is 71.1 Å². The minimum Gasteiger partial charge on any atom is -0.496 e. The summed E-state index contributed by atoms with van der Waals surface area (Å²) in [5, 5.41) is 0. The van der Waals surface area contributed by atoms with Crippen LogP contribution in [0.1, 0.15) is 20.7 Å². The van der Waals surface area contributed by atoms with Crippen LogP contribution in [-0.2, 0) is 4.74 Å². The fourth-order valence-electron chi connectivity index (χ4n) is 2.21. The van der Waals surface area contributed by atoms with Crippen LogP contribution in [0.25, 0.3) is 0 Å². The minimum absolute atomic E-state index is 0.0102. The number of carbonyl (C=O) groups is 2. The average Bonchev–Trinajstić information content (AvgIpc) is 3.06. The molecule has 0 aliphatic carbocycles. The molecule has 2 aromatic rings. The highest BCUT2D eigenvalue weighted by Gasteiger charge is 2.19. The van der Waals surface area contributed by atoms with Crippen LogP contribution >= 0.6 is 0 Å². The molecule has 0 N–H and O–H groups in total. The van der Waals surface area contributed by atoms with Gasteiger partial charge in [0.05, 0.1) is 18.2 Å². The summed E-state index contributed by atoms with van der Waals surface area (Å²) in [7, 11) is 1.36. The third-order valence-electron chi connectivity index (χ3n) is 3.40. The highest BCUT2D eigenvalue weighted by Crippen LogP contribution is 2.32. The van der Waals surface area contributed by atoms with Gasteiger partial charge in [0.25, 0.3) is 0 Å². The first-order chi connectivity index (χ1) is 11.6. The summed E-state index contributed by atoms with van der Waals surface area (Å²) in [6.07, 6.45) is 0. The summed E-state index contributed by atoms with van der Waals surface area (Å²) in [6, 6.07) is 8.10. The van der Waals surface area contributed by atoms with E-state index in [4.69, 9.17) is 18.9 Å². The smallest absolute Gasteiger partial charge is 0.338 e. The van der Waals surface area contributed by atoms with Gasteiger partial charge in [-0.05, 0) is 36.4 Å². The second-order valence-corrected chi connectivity index (χ2v) is 4.91. The quantitative estimate of drug-likeness (QED) is 0.619. The van der Waals surface area contributed by atoms with Gasteiger partial charge < -0.3 is 18.9 Å². The lowest BCUT2D eigenvalue weighted by Crippen LogP contribution is -2.15. The Morgan fingerprint density at radius 3 is 2.71 bits per heavy atom. The van der Waals surface area contributed by atoms with Crippen LogP contribution in [0.5, 0.6) is 17.2 Å².